The molecule has 0 N–H and O–H groups in total. The second-order valence-corrected chi connectivity index (χ2v) is 6.14. The van der Waals surface area contributed by atoms with E-state index < -0.39 is 11.7 Å². The first-order valence-electron chi connectivity index (χ1n) is 6.80. The third-order valence-corrected chi connectivity index (χ3v) is 4.50. The summed E-state index contributed by atoms with van der Waals surface area (Å²) in [6, 6.07) is 13.2. The van der Waals surface area contributed by atoms with Crippen molar-refractivity contribution in [3.05, 3.63) is 70.3 Å². The van der Waals surface area contributed by atoms with Gasteiger partial charge >= 0.3 is 0 Å². The van der Waals surface area contributed by atoms with Gasteiger partial charge < -0.3 is 0 Å². The lowest BCUT2D eigenvalue weighted by Crippen LogP contribution is -2.26. The number of rotatable bonds is 3. The molecule has 0 aliphatic rings. The van der Waals surface area contributed by atoms with Crippen LogP contribution in [-0.4, -0.2) is 17.9 Å². The van der Waals surface area contributed by atoms with E-state index in [1.165, 1.54) is 28.4 Å². The maximum Gasteiger partial charge on any atom is 0.262 e. The van der Waals surface area contributed by atoms with Crippen molar-refractivity contribution in [3.8, 4) is 11.3 Å². The van der Waals surface area contributed by atoms with E-state index in [1.54, 1.807) is 31.3 Å². The average Bonchev–Trinajstić information content (AvgIpc) is 3.04. The quantitative estimate of drug-likeness (QED) is 0.677. The fourth-order valence-corrected chi connectivity index (χ4v) is 3.00. The molecule has 3 aromatic rings. The molecule has 23 heavy (non-hydrogen) atoms. The molecule has 0 radical (unpaired) electrons. The first-order valence-corrected chi connectivity index (χ1v) is 8.06. The summed E-state index contributed by atoms with van der Waals surface area (Å²) >= 11 is 7.20. The van der Waals surface area contributed by atoms with Gasteiger partial charge in [-0.15, -0.1) is 11.3 Å². The molecule has 3 rings (SSSR count). The van der Waals surface area contributed by atoms with Crippen molar-refractivity contribution in [1.82, 2.24) is 4.98 Å². The normalized spacial score (nSPS) is 10.6. The van der Waals surface area contributed by atoms with E-state index in [2.05, 4.69) is 4.98 Å². The Labute approximate surface area is 142 Å². The SMILES string of the molecule is CN(C(=O)c1ccccc1F)c1nc(-c2ccc(Cl)cc2)cs1. The maximum atomic E-state index is 13.7. The van der Waals surface area contributed by atoms with E-state index in [-0.39, 0.29) is 5.56 Å². The number of carbonyl (C=O) groups excluding carboxylic acids is 1. The predicted octanol–water partition coefficient (Wildman–Crippen LogP) is 4.88. The molecule has 1 heterocycles. The smallest absolute Gasteiger partial charge is 0.262 e. The van der Waals surface area contributed by atoms with Gasteiger partial charge in [0.2, 0.25) is 0 Å². The van der Waals surface area contributed by atoms with Crippen LogP contribution in [0.15, 0.2) is 53.9 Å². The number of aromatic nitrogens is 1. The Bertz CT molecular complexity index is 848. The van der Waals surface area contributed by atoms with Crippen LogP contribution in [0.2, 0.25) is 5.02 Å². The van der Waals surface area contributed by atoms with E-state index in [1.807, 2.05) is 17.5 Å². The molecule has 3 nitrogen and oxygen atoms in total. The van der Waals surface area contributed by atoms with Crippen LogP contribution in [0.3, 0.4) is 0 Å². The molecule has 1 aromatic heterocycles. The molecule has 116 valence electrons. The molecular weight excluding hydrogens is 335 g/mol. The monoisotopic (exact) mass is 346 g/mol. The average molecular weight is 347 g/mol. The number of hydrogen-bond donors (Lipinski definition) is 0. The van der Waals surface area contributed by atoms with Crippen LogP contribution in [0, 0.1) is 5.82 Å². The first kappa shape index (κ1) is 15.6. The second kappa shape index (κ2) is 6.48. The molecule has 6 heteroatoms. The lowest BCUT2D eigenvalue weighted by molar-refractivity contribution is 0.0989. The van der Waals surface area contributed by atoms with Gasteiger partial charge in [0.15, 0.2) is 5.13 Å². The highest BCUT2D eigenvalue weighted by Crippen LogP contribution is 2.28. The summed E-state index contributed by atoms with van der Waals surface area (Å²) in [7, 11) is 1.58. The summed E-state index contributed by atoms with van der Waals surface area (Å²) in [4.78, 5) is 18.2. The zero-order chi connectivity index (χ0) is 16.4. The summed E-state index contributed by atoms with van der Waals surface area (Å²) in [5.74, 6) is -0.973. The first-order chi connectivity index (χ1) is 11.1. The minimum absolute atomic E-state index is 0.0262. The molecule has 2 aromatic carbocycles. The number of thiazole rings is 1. The van der Waals surface area contributed by atoms with Crippen molar-refractivity contribution in [1.29, 1.82) is 0 Å². The summed E-state index contributed by atoms with van der Waals surface area (Å²) in [5.41, 5.74) is 1.68. The van der Waals surface area contributed by atoms with E-state index >= 15 is 0 Å². The van der Waals surface area contributed by atoms with Crippen LogP contribution in [0.25, 0.3) is 11.3 Å². The van der Waals surface area contributed by atoms with Crippen LogP contribution in [0.1, 0.15) is 10.4 Å². The van der Waals surface area contributed by atoms with Crippen molar-refractivity contribution in [2.24, 2.45) is 0 Å². The minimum Gasteiger partial charge on any atom is -0.287 e. The number of anilines is 1. The topological polar surface area (TPSA) is 33.2 Å². The Morgan fingerprint density at radius 1 is 1.17 bits per heavy atom. The molecule has 0 spiro atoms. The van der Waals surface area contributed by atoms with Gasteiger partial charge in [-0.3, -0.25) is 9.69 Å². The van der Waals surface area contributed by atoms with Crippen molar-refractivity contribution in [2.75, 3.05) is 11.9 Å². The Hall–Kier alpha value is -2.24. The van der Waals surface area contributed by atoms with Crippen molar-refractivity contribution in [2.45, 2.75) is 0 Å². The predicted molar refractivity (Wildman–Crippen MR) is 91.7 cm³/mol. The van der Waals surface area contributed by atoms with Gasteiger partial charge in [-0.25, -0.2) is 9.37 Å². The number of halogens is 2. The number of hydrogen-bond acceptors (Lipinski definition) is 3. The fourth-order valence-electron chi connectivity index (χ4n) is 2.07. The fraction of sp³-hybridized carbons (Fsp3) is 0.0588. The van der Waals surface area contributed by atoms with Crippen LogP contribution >= 0.6 is 22.9 Å². The third-order valence-electron chi connectivity index (χ3n) is 3.33. The molecule has 1 amide bonds. The number of amides is 1. The third kappa shape index (κ3) is 3.25. The number of nitrogens with zero attached hydrogens (tertiary/aromatic N) is 2. The van der Waals surface area contributed by atoms with Crippen LogP contribution < -0.4 is 4.90 Å². The van der Waals surface area contributed by atoms with E-state index in [4.69, 9.17) is 11.6 Å². The Morgan fingerprint density at radius 2 is 1.87 bits per heavy atom. The molecule has 0 fully saturated rings. The molecule has 0 unspecified atom stereocenters. The summed E-state index contributed by atoms with van der Waals surface area (Å²) in [6.45, 7) is 0. The summed E-state index contributed by atoms with van der Waals surface area (Å²) in [5, 5.41) is 3.00. The summed E-state index contributed by atoms with van der Waals surface area (Å²) in [6.07, 6.45) is 0. The van der Waals surface area contributed by atoms with Crippen molar-refractivity contribution in [3.63, 3.8) is 0 Å². The zero-order valence-electron chi connectivity index (χ0n) is 12.2. The molecule has 0 saturated carbocycles. The Kier molecular flexibility index (Phi) is 4.41. The summed E-state index contributed by atoms with van der Waals surface area (Å²) < 4.78 is 13.7. The van der Waals surface area contributed by atoms with Crippen molar-refractivity contribution >= 4 is 34.0 Å². The van der Waals surface area contributed by atoms with Crippen LogP contribution in [-0.2, 0) is 0 Å². The van der Waals surface area contributed by atoms with Gasteiger partial charge in [-0.1, -0.05) is 35.9 Å². The van der Waals surface area contributed by atoms with Crippen LogP contribution in [0.5, 0.6) is 0 Å². The Morgan fingerprint density at radius 3 is 2.57 bits per heavy atom. The minimum atomic E-state index is -0.543. The Balaban J connectivity index is 1.86. The zero-order valence-corrected chi connectivity index (χ0v) is 13.7. The van der Waals surface area contributed by atoms with E-state index in [9.17, 15) is 9.18 Å². The largest absolute Gasteiger partial charge is 0.287 e. The van der Waals surface area contributed by atoms with Crippen molar-refractivity contribution < 1.29 is 9.18 Å². The highest BCUT2D eigenvalue weighted by atomic mass is 35.5. The molecular formula is C17H12ClFN2OS. The van der Waals surface area contributed by atoms with Gasteiger partial charge in [-0.2, -0.15) is 0 Å². The molecule has 0 saturated heterocycles. The number of carbonyl (C=O) groups is 1. The van der Waals surface area contributed by atoms with Gasteiger partial charge in [0.1, 0.15) is 5.82 Å². The lowest BCUT2D eigenvalue weighted by Gasteiger charge is -2.14. The highest BCUT2D eigenvalue weighted by Gasteiger charge is 2.19. The molecule has 0 aliphatic heterocycles. The van der Waals surface area contributed by atoms with Gasteiger partial charge in [-0.05, 0) is 24.3 Å². The molecule has 0 atom stereocenters. The molecule has 0 bridgehead atoms. The lowest BCUT2D eigenvalue weighted by atomic mass is 10.2. The van der Waals surface area contributed by atoms with E-state index in [0.717, 1.165) is 11.3 Å². The van der Waals surface area contributed by atoms with Crippen LogP contribution in [0.4, 0.5) is 9.52 Å². The van der Waals surface area contributed by atoms with Gasteiger partial charge in [0, 0.05) is 23.0 Å². The standard InChI is InChI=1S/C17H12ClFN2OS/c1-21(16(22)13-4-2-3-5-14(13)19)17-20-15(10-23-17)11-6-8-12(18)9-7-11/h2-10H,1H3. The maximum absolute atomic E-state index is 13.7. The van der Waals surface area contributed by atoms with E-state index in [0.29, 0.717) is 10.2 Å². The van der Waals surface area contributed by atoms with Gasteiger partial charge in [0.05, 0.1) is 11.3 Å². The molecule has 0 aliphatic carbocycles. The van der Waals surface area contributed by atoms with Gasteiger partial charge in [0.25, 0.3) is 5.91 Å². The second-order valence-electron chi connectivity index (χ2n) is 4.87. The number of benzene rings is 2. The highest BCUT2D eigenvalue weighted by molar-refractivity contribution is 7.14.